The molecule has 2 unspecified atom stereocenters. The molecule has 1 aromatic carbocycles. The number of carbonyl (C=O) groups excluding carboxylic acids is 4. The highest BCUT2D eigenvalue weighted by Crippen LogP contribution is 2.11. The van der Waals surface area contributed by atoms with Gasteiger partial charge in [-0.05, 0) is 31.0 Å². The molecule has 0 aliphatic carbocycles. The van der Waals surface area contributed by atoms with Gasteiger partial charge in [-0.3, -0.25) is 19.2 Å². The molecule has 0 saturated heterocycles. The fourth-order valence-electron chi connectivity index (χ4n) is 2.25. The van der Waals surface area contributed by atoms with Crippen LogP contribution in [0.2, 0.25) is 0 Å². The average Bonchev–Trinajstić information content (AvgIpc) is 2.60. The summed E-state index contributed by atoms with van der Waals surface area (Å²) in [5, 5.41) is 17.2. The third kappa shape index (κ3) is 8.82. The number of carbonyl (C=O) groups is 4. The van der Waals surface area contributed by atoms with Gasteiger partial charge in [0.15, 0.2) is 5.78 Å². The summed E-state index contributed by atoms with van der Waals surface area (Å²) in [6.07, 6.45) is 0.313. The van der Waals surface area contributed by atoms with E-state index < -0.39 is 17.9 Å². The molecule has 0 radical (unpaired) electrons. The quantitative estimate of drug-likeness (QED) is 0.328. The van der Waals surface area contributed by atoms with Gasteiger partial charge in [-0.15, -0.1) is 0 Å². The minimum absolute atomic E-state index is 0.0627. The molecule has 0 spiro atoms. The molecule has 1 rings (SSSR count). The zero-order valence-electron chi connectivity index (χ0n) is 15.5. The van der Waals surface area contributed by atoms with Gasteiger partial charge in [-0.1, -0.05) is 19.1 Å². The third-order valence-corrected chi connectivity index (χ3v) is 3.82. The zero-order chi connectivity index (χ0) is 20.4. The lowest BCUT2D eigenvalue weighted by Crippen LogP contribution is -2.46. The molecule has 0 aliphatic heterocycles. The van der Waals surface area contributed by atoms with Crippen LogP contribution in [-0.2, 0) is 25.6 Å². The van der Waals surface area contributed by atoms with E-state index >= 15 is 0 Å². The fraction of sp³-hybridized carbons (Fsp3) is 0.444. The Morgan fingerprint density at radius 2 is 1.74 bits per heavy atom. The maximum atomic E-state index is 12.0. The first-order valence-electron chi connectivity index (χ1n) is 8.53. The smallest absolute Gasteiger partial charge is 0.236 e. The summed E-state index contributed by atoms with van der Waals surface area (Å²) >= 11 is 0. The Hall–Kier alpha value is -2.94. The molecule has 6 N–H and O–H groups in total. The van der Waals surface area contributed by atoms with Crippen molar-refractivity contribution >= 4 is 23.5 Å². The Balaban J connectivity index is 2.41. The number of rotatable bonds is 11. The number of hydrogen-bond acceptors (Lipinski definition) is 6. The minimum Gasteiger partial charge on any atom is -0.508 e. The first-order chi connectivity index (χ1) is 12.7. The minimum atomic E-state index is -0.680. The van der Waals surface area contributed by atoms with E-state index in [2.05, 4.69) is 16.0 Å². The number of nitrogens with one attached hydrogen (secondary N) is 3. The lowest BCUT2D eigenvalue weighted by atomic mass is 10.0. The molecular weight excluding hydrogens is 352 g/mol. The number of aromatic hydroxyl groups is 1. The number of benzene rings is 1. The summed E-state index contributed by atoms with van der Waals surface area (Å²) in [6, 6.07) is 5.71. The second-order valence-electron chi connectivity index (χ2n) is 6.32. The van der Waals surface area contributed by atoms with E-state index in [1.54, 1.807) is 19.1 Å². The van der Waals surface area contributed by atoms with Gasteiger partial charge >= 0.3 is 0 Å². The van der Waals surface area contributed by atoms with Crippen molar-refractivity contribution in [1.29, 1.82) is 0 Å². The topological polar surface area (TPSA) is 151 Å². The van der Waals surface area contributed by atoms with Crippen molar-refractivity contribution in [3.63, 3.8) is 0 Å². The van der Waals surface area contributed by atoms with Crippen LogP contribution in [0.1, 0.15) is 19.4 Å². The summed E-state index contributed by atoms with van der Waals surface area (Å²) in [4.78, 5) is 46.1. The number of amides is 3. The number of phenols is 1. The van der Waals surface area contributed by atoms with Crippen LogP contribution in [0.4, 0.5) is 0 Å². The Bertz CT molecular complexity index is 675. The fourth-order valence-corrected chi connectivity index (χ4v) is 2.25. The third-order valence-electron chi connectivity index (χ3n) is 3.82. The van der Waals surface area contributed by atoms with E-state index in [0.29, 0.717) is 6.42 Å². The van der Waals surface area contributed by atoms with Crippen molar-refractivity contribution in [3.05, 3.63) is 29.8 Å². The predicted octanol–water partition coefficient (Wildman–Crippen LogP) is -1.16. The highest BCUT2D eigenvalue weighted by molar-refractivity contribution is 5.88. The van der Waals surface area contributed by atoms with Gasteiger partial charge in [0, 0.05) is 12.5 Å². The Kier molecular flexibility index (Phi) is 8.94. The lowest BCUT2D eigenvalue weighted by Gasteiger charge is -2.17. The van der Waals surface area contributed by atoms with Crippen molar-refractivity contribution in [3.8, 4) is 5.75 Å². The Morgan fingerprint density at radius 3 is 2.30 bits per heavy atom. The van der Waals surface area contributed by atoms with Crippen molar-refractivity contribution in [1.82, 2.24) is 16.0 Å². The number of primary amides is 1. The van der Waals surface area contributed by atoms with E-state index in [1.165, 1.54) is 19.1 Å². The van der Waals surface area contributed by atoms with Crippen LogP contribution in [0.5, 0.6) is 5.75 Å². The summed E-state index contributed by atoms with van der Waals surface area (Å²) in [5.41, 5.74) is 5.76. The molecular formula is C18H26N4O5. The normalized spacial score (nSPS) is 12.7. The Morgan fingerprint density at radius 1 is 1.11 bits per heavy atom. The first kappa shape index (κ1) is 22.1. The monoisotopic (exact) mass is 378 g/mol. The van der Waals surface area contributed by atoms with E-state index in [1.807, 2.05) is 0 Å². The van der Waals surface area contributed by atoms with E-state index in [4.69, 9.17) is 5.73 Å². The summed E-state index contributed by atoms with van der Waals surface area (Å²) < 4.78 is 0. The van der Waals surface area contributed by atoms with Crippen molar-refractivity contribution in [2.45, 2.75) is 26.3 Å². The van der Waals surface area contributed by atoms with E-state index in [-0.39, 0.29) is 43.0 Å². The molecule has 0 bridgehead atoms. The second-order valence-corrected chi connectivity index (χ2v) is 6.32. The maximum absolute atomic E-state index is 12.0. The van der Waals surface area contributed by atoms with Gasteiger partial charge in [0.2, 0.25) is 17.7 Å². The SMILES string of the molecule is CC(=O)C(Cc1ccc(O)cc1)NC(=O)CNCC(C)C(=O)NCC(N)=O. The van der Waals surface area contributed by atoms with Gasteiger partial charge in [-0.25, -0.2) is 0 Å². The van der Waals surface area contributed by atoms with Gasteiger partial charge in [0.05, 0.1) is 19.1 Å². The van der Waals surface area contributed by atoms with Crippen molar-refractivity contribution in [2.75, 3.05) is 19.6 Å². The molecule has 0 aromatic heterocycles. The number of hydrogen-bond donors (Lipinski definition) is 5. The van der Waals surface area contributed by atoms with Crippen molar-refractivity contribution in [2.24, 2.45) is 11.7 Å². The molecule has 0 heterocycles. The zero-order valence-corrected chi connectivity index (χ0v) is 15.5. The van der Waals surface area contributed by atoms with Gasteiger partial charge in [0.1, 0.15) is 5.75 Å². The molecule has 9 heteroatoms. The molecule has 27 heavy (non-hydrogen) atoms. The number of phenolic OH excluding ortho intramolecular Hbond substituents is 1. The molecule has 0 fully saturated rings. The van der Waals surface area contributed by atoms with Crippen LogP contribution in [0, 0.1) is 5.92 Å². The molecule has 0 aliphatic rings. The standard InChI is InChI=1S/C18H26N4O5/c1-11(18(27)21-9-16(19)25)8-20-10-17(26)22-15(12(2)23)7-13-3-5-14(24)6-4-13/h3-6,11,15,20,24H,7-10H2,1-2H3,(H2,19,25)(H,21,27)(H,22,26). The van der Waals surface area contributed by atoms with Crippen LogP contribution < -0.4 is 21.7 Å². The van der Waals surface area contributed by atoms with E-state index in [0.717, 1.165) is 5.56 Å². The van der Waals surface area contributed by atoms with Gasteiger partial charge in [-0.2, -0.15) is 0 Å². The predicted molar refractivity (Wildman–Crippen MR) is 98.7 cm³/mol. The summed E-state index contributed by atoms with van der Waals surface area (Å²) in [6.45, 7) is 2.96. The van der Waals surface area contributed by atoms with Crippen LogP contribution in [-0.4, -0.2) is 54.3 Å². The largest absolute Gasteiger partial charge is 0.508 e. The molecule has 1 aromatic rings. The van der Waals surface area contributed by atoms with Gasteiger partial charge in [0.25, 0.3) is 0 Å². The first-order valence-corrected chi connectivity index (χ1v) is 8.53. The number of Topliss-reactive ketones (excluding diaryl/α,β-unsaturated/α-hetero) is 1. The van der Waals surface area contributed by atoms with Crippen LogP contribution in [0.25, 0.3) is 0 Å². The lowest BCUT2D eigenvalue weighted by molar-refractivity contribution is -0.127. The van der Waals surface area contributed by atoms with Gasteiger partial charge < -0.3 is 26.8 Å². The Labute approximate surface area is 157 Å². The highest BCUT2D eigenvalue weighted by atomic mass is 16.3. The molecule has 0 saturated carbocycles. The average molecular weight is 378 g/mol. The molecule has 9 nitrogen and oxygen atoms in total. The van der Waals surface area contributed by atoms with Crippen LogP contribution in [0.3, 0.4) is 0 Å². The van der Waals surface area contributed by atoms with Crippen LogP contribution >= 0.6 is 0 Å². The highest BCUT2D eigenvalue weighted by Gasteiger charge is 2.18. The van der Waals surface area contributed by atoms with Crippen LogP contribution in [0.15, 0.2) is 24.3 Å². The molecule has 148 valence electrons. The summed E-state index contributed by atoms with van der Waals surface area (Å²) in [5.74, 6) is -1.88. The van der Waals surface area contributed by atoms with E-state index in [9.17, 15) is 24.3 Å². The number of ketones is 1. The molecule has 3 amide bonds. The number of nitrogens with two attached hydrogens (primary N) is 1. The maximum Gasteiger partial charge on any atom is 0.236 e. The molecule has 2 atom stereocenters. The van der Waals surface area contributed by atoms with Crippen molar-refractivity contribution < 1.29 is 24.3 Å². The summed E-state index contributed by atoms with van der Waals surface area (Å²) in [7, 11) is 0. The second kappa shape index (κ2) is 10.9.